The summed E-state index contributed by atoms with van der Waals surface area (Å²) in [7, 11) is 0. The maximum atomic E-state index is 6.11. The van der Waals surface area contributed by atoms with Crippen molar-refractivity contribution in [2.45, 2.75) is 25.1 Å². The SMILES string of the molecule is CCc1ccc(C(Br)c2cc(C)cc(Cl)c2)cc1. The van der Waals surface area contributed by atoms with E-state index in [-0.39, 0.29) is 4.83 Å². The molecule has 0 N–H and O–H groups in total. The quantitative estimate of drug-likeness (QED) is 0.636. The zero-order valence-corrected chi connectivity index (χ0v) is 12.9. The summed E-state index contributed by atoms with van der Waals surface area (Å²) in [4.78, 5) is 0.195. The van der Waals surface area contributed by atoms with Gasteiger partial charge < -0.3 is 0 Å². The molecule has 0 aliphatic heterocycles. The van der Waals surface area contributed by atoms with Gasteiger partial charge in [0.1, 0.15) is 0 Å². The van der Waals surface area contributed by atoms with Crippen LogP contribution in [0.3, 0.4) is 0 Å². The zero-order valence-electron chi connectivity index (χ0n) is 10.6. The van der Waals surface area contributed by atoms with Crippen LogP contribution in [0.5, 0.6) is 0 Å². The van der Waals surface area contributed by atoms with Crippen LogP contribution in [-0.2, 0) is 6.42 Å². The Kier molecular flexibility index (Phi) is 4.47. The molecule has 94 valence electrons. The lowest BCUT2D eigenvalue weighted by Crippen LogP contribution is -1.94. The molecule has 0 amide bonds. The Balaban J connectivity index is 2.31. The van der Waals surface area contributed by atoms with E-state index in [4.69, 9.17) is 11.6 Å². The smallest absolute Gasteiger partial charge is 0.0645 e. The standard InChI is InChI=1S/C16H16BrCl/c1-3-12-4-6-13(7-5-12)16(17)14-8-11(2)9-15(18)10-14/h4-10,16H,3H2,1-2H3. The summed E-state index contributed by atoms with van der Waals surface area (Å²) in [6.07, 6.45) is 1.07. The van der Waals surface area contributed by atoms with Crippen LogP contribution in [0, 0.1) is 6.92 Å². The van der Waals surface area contributed by atoms with Crippen LogP contribution in [0.2, 0.25) is 5.02 Å². The fourth-order valence-electron chi connectivity index (χ4n) is 2.03. The van der Waals surface area contributed by atoms with Crippen molar-refractivity contribution in [2.24, 2.45) is 0 Å². The van der Waals surface area contributed by atoms with Crippen LogP contribution in [0.15, 0.2) is 42.5 Å². The molecule has 0 heterocycles. The van der Waals surface area contributed by atoms with Gasteiger partial charge in [0.15, 0.2) is 0 Å². The molecule has 2 aromatic carbocycles. The van der Waals surface area contributed by atoms with Gasteiger partial charge in [0.2, 0.25) is 0 Å². The van der Waals surface area contributed by atoms with Gasteiger partial charge in [-0.05, 0) is 47.7 Å². The highest BCUT2D eigenvalue weighted by Gasteiger charge is 2.11. The number of rotatable bonds is 3. The van der Waals surface area contributed by atoms with Gasteiger partial charge in [-0.15, -0.1) is 0 Å². The minimum Gasteiger partial charge on any atom is -0.0843 e. The number of alkyl halides is 1. The number of hydrogen-bond donors (Lipinski definition) is 0. The van der Waals surface area contributed by atoms with Crippen molar-refractivity contribution in [3.05, 3.63) is 69.7 Å². The molecule has 0 saturated heterocycles. The first kappa shape index (κ1) is 13.6. The monoisotopic (exact) mass is 322 g/mol. The highest BCUT2D eigenvalue weighted by Crippen LogP contribution is 2.32. The number of hydrogen-bond acceptors (Lipinski definition) is 0. The lowest BCUT2D eigenvalue weighted by atomic mass is 10.0. The summed E-state index contributed by atoms with van der Waals surface area (Å²) in [5, 5.41) is 0.791. The van der Waals surface area contributed by atoms with E-state index in [1.54, 1.807) is 0 Å². The summed E-state index contributed by atoms with van der Waals surface area (Å²) in [6, 6.07) is 14.9. The zero-order chi connectivity index (χ0) is 13.1. The summed E-state index contributed by atoms with van der Waals surface area (Å²) in [6.45, 7) is 4.23. The Labute approximate surface area is 122 Å². The van der Waals surface area contributed by atoms with E-state index in [1.165, 1.54) is 22.3 Å². The van der Waals surface area contributed by atoms with Crippen molar-refractivity contribution < 1.29 is 0 Å². The number of benzene rings is 2. The van der Waals surface area contributed by atoms with E-state index in [9.17, 15) is 0 Å². The molecule has 2 heteroatoms. The molecule has 0 saturated carbocycles. The van der Waals surface area contributed by atoms with Gasteiger partial charge in [0.05, 0.1) is 4.83 Å². The number of aryl methyl sites for hydroxylation is 2. The molecule has 0 nitrogen and oxygen atoms in total. The highest BCUT2D eigenvalue weighted by atomic mass is 79.9. The second kappa shape index (κ2) is 5.90. The molecule has 1 unspecified atom stereocenters. The summed E-state index contributed by atoms with van der Waals surface area (Å²) < 4.78 is 0. The Morgan fingerprint density at radius 2 is 1.72 bits per heavy atom. The summed E-state index contributed by atoms with van der Waals surface area (Å²) in [5.74, 6) is 0. The van der Waals surface area contributed by atoms with E-state index in [0.29, 0.717) is 0 Å². The van der Waals surface area contributed by atoms with Crippen LogP contribution in [-0.4, -0.2) is 0 Å². The molecule has 2 rings (SSSR count). The third-order valence-electron chi connectivity index (χ3n) is 3.04. The van der Waals surface area contributed by atoms with Crippen molar-refractivity contribution >= 4 is 27.5 Å². The molecule has 0 bridgehead atoms. The topological polar surface area (TPSA) is 0 Å². The van der Waals surface area contributed by atoms with Crippen LogP contribution < -0.4 is 0 Å². The second-order valence-corrected chi connectivity index (χ2v) is 5.87. The van der Waals surface area contributed by atoms with Crippen molar-refractivity contribution in [3.8, 4) is 0 Å². The largest absolute Gasteiger partial charge is 0.0843 e. The van der Waals surface area contributed by atoms with Gasteiger partial charge in [-0.25, -0.2) is 0 Å². The number of halogens is 2. The summed E-state index contributed by atoms with van der Waals surface area (Å²) in [5.41, 5.74) is 5.01. The van der Waals surface area contributed by atoms with Gasteiger partial charge in [-0.1, -0.05) is 64.8 Å². The second-order valence-electron chi connectivity index (χ2n) is 4.52. The normalized spacial score (nSPS) is 12.4. The van der Waals surface area contributed by atoms with Crippen molar-refractivity contribution in [1.82, 2.24) is 0 Å². The maximum Gasteiger partial charge on any atom is 0.0645 e. The van der Waals surface area contributed by atoms with Crippen molar-refractivity contribution in [2.75, 3.05) is 0 Å². The first-order valence-electron chi connectivity index (χ1n) is 6.10. The molecular weight excluding hydrogens is 308 g/mol. The van der Waals surface area contributed by atoms with Crippen LogP contribution in [0.4, 0.5) is 0 Å². The molecule has 0 aliphatic rings. The Hall–Kier alpha value is -0.790. The fraction of sp³-hybridized carbons (Fsp3) is 0.250. The fourth-order valence-corrected chi connectivity index (χ4v) is 2.89. The van der Waals surface area contributed by atoms with E-state index in [1.807, 2.05) is 12.1 Å². The van der Waals surface area contributed by atoms with E-state index in [2.05, 4.69) is 60.1 Å². The predicted molar refractivity (Wildman–Crippen MR) is 82.8 cm³/mol. The van der Waals surface area contributed by atoms with Gasteiger partial charge >= 0.3 is 0 Å². The van der Waals surface area contributed by atoms with Gasteiger partial charge in [0, 0.05) is 5.02 Å². The van der Waals surface area contributed by atoms with Gasteiger partial charge in [-0.2, -0.15) is 0 Å². The van der Waals surface area contributed by atoms with Crippen LogP contribution >= 0.6 is 27.5 Å². The molecule has 2 aromatic rings. The Bertz CT molecular complexity index is 511. The van der Waals surface area contributed by atoms with Crippen LogP contribution in [0.1, 0.15) is 34.0 Å². The first-order chi connectivity index (χ1) is 8.60. The molecule has 0 fully saturated rings. The van der Waals surface area contributed by atoms with Gasteiger partial charge in [0.25, 0.3) is 0 Å². The van der Waals surface area contributed by atoms with E-state index in [0.717, 1.165) is 11.4 Å². The molecule has 0 radical (unpaired) electrons. The summed E-state index contributed by atoms with van der Waals surface area (Å²) >= 11 is 9.86. The third-order valence-corrected chi connectivity index (χ3v) is 4.31. The first-order valence-corrected chi connectivity index (χ1v) is 7.39. The van der Waals surface area contributed by atoms with Crippen molar-refractivity contribution in [3.63, 3.8) is 0 Å². The average molecular weight is 324 g/mol. The van der Waals surface area contributed by atoms with Gasteiger partial charge in [-0.3, -0.25) is 0 Å². The molecule has 1 atom stereocenters. The highest BCUT2D eigenvalue weighted by molar-refractivity contribution is 9.09. The van der Waals surface area contributed by atoms with E-state index >= 15 is 0 Å². The minimum absolute atomic E-state index is 0.195. The lowest BCUT2D eigenvalue weighted by Gasteiger charge is -2.12. The molecule has 0 aromatic heterocycles. The Morgan fingerprint density at radius 3 is 2.28 bits per heavy atom. The van der Waals surface area contributed by atoms with Crippen LogP contribution in [0.25, 0.3) is 0 Å². The van der Waals surface area contributed by atoms with Crippen molar-refractivity contribution in [1.29, 1.82) is 0 Å². The van der Waals surface area contributed by atoms with E-state index < -0.39 is 0 Å². The minimum atomic E-state index is 0.195. The Morgan fingerprint density at radius 1 is 1.06 bits per heavy atom. The molecular formula is C16H16BrCl. The maximum absolute atomic E-state index is 6.11. The molecule has 0 aliphatic carbocycles. The lowest BCUT2D eigenvalue weighted by molar-refractivity contribution is 1.11. The third kappa shape index (κ3) is 3.15. The average Bonchev–Trinajstić information content (AvgIpc) is 2.37. The predicted octanol–water partition coefficient (Wildman–Crippen LogP) is 5.70. The molecule has 18 heavy (non-hydrogen) atoms. The molecule has 0 spiro atoms.